The molecular formula is C31H73N5O3. The van der Waals surface area contributed by atoms with Gasteiger partial charge in [-0.15, -0.1) is 0 Å². The quantitative estimate of drug-likeness (QED) is 0.138. The second-order valence-electron chi connectivity index (χ2n) is 8.40. The molecule has 0 aliphatic heterocycles. The topological polar surface area (TPSA) is 111 Å². The minimum absolute atomic E-state index is 0.0393. The number of unbranched alkanes of at least 4 members (excludes halogenated alkanes) is 1. The fourth-order valence-electron chi connectivity index (χ4n) is 2.44. The Bertz CT molecular complexity index is 460. The maximum absolute atomic E-state index is 11.4. The summed E-state index contributed by atoms with van der Waals surface area (Å²) >= 11 is 0. The Labute approximate surface area is 245 Å². The van der Waals surface area contributed by atoms with Crippen molar-refractivity contribution in [2.45, 2.75) is 141 Å². The summed E-state index contributed by atoms with van der Waals surface area (Å²) < 4.78 is 0. The van der Waals surface area contributed by atoms with Gasteiger partial charge in [0.05, 0.1) is 0 Å². The fraction of sp³-hybridized carbons (Fsp3) is 0.903. The van der Waals surface area contributed by atoms with Crippen LogP contribution in [0.3, 0.4) is 0 Å². The lowest BCUT2D eigenvalue weighted by Gasteiger charge is -2.07. The molecule has 0 aliphatic rings. The van der Waals surface area contributed by atoms with E-state index < -0.39 is 0 Å². The molecule has 0 rings (SSSR count). The van der Waals surface area contributed by atoms with Gasteiger partial charge < -0.3 is 26.6 Å². The number of hydrogen-bond donors (Lipinski definition) is 5. The van der Waals surface area contributed by atoms with Gasteiger partial charge in [-0.25, -0.2) is 0 Å². The molecule has 0 heterocycles. The van der Waals surface area contributed by atoms with E-state index in [1.54, 1.807) is 0 Å². The van der Waals surface area contributed by atoms with Gasteiger partial charge in [0.15, 0.2) is 0 Å². The molecule has 0 spiro atoms. The molecule has 240 valence electrons. The van der Waals surface area contributed by atoms with Crippen LogP contribution >= 0.6 is 0 Å². The predicted molar refractivity (Wildman–Crippen MR) is 174 cm³/mol. The maximum atomic E-state index is 11.4. The standard InChI is InChI=1S/C13H27N3O2.C10H22N2O.4C2H6/c1-11(2)5-4-8-15-12(17)6-7-13(18)16-10-9-14-3;1-4-5-7-12-10(13)6-8-11-9(2)3;4*1-2/h11,14H,4-10H2,1-3H3,(H,15,17)(H,16,18);9,11H,4-8H2,1-3H3,(H,12,13);4*1-2H3. The van der Waals surface area contributed by atoms with E-state index in [-0.39, 0.29) is 30.6 Å². The highest BCUT2D eigenvalue weighted by Crippen LogP contribution is 2.01. The van der Waals surface area contributed by atoms with E-state index in [1.807, 2.05) is 62.4 Å². The molecule has 8 heteroatoms. The van der Waals surface area contributed by atoms with Gasteiger partial charge in [0, 0.05) is 58.0 Å². The first-order chi connectivity index (χ1) is 18.7. The zero-order chi connectivity index (χ0) is 31.9. The van der Waals surface area contributed by atoms with E-state index in [9.17, 15) is 14.4 Å². The van der Waals surface area contributed by atoms with E-state index in [4.69, 9.17) is 0 Å². The smallest absolute Gasteiger partial charge is 0.221 e. The van der Waals surface area contributed by atoms with Crippen LogP contribution in [0.15, 0.2) is 0 Å². The van der Waals surface area contributed by atoms with Gasteiger partial charge in [-0.05, 0) is 32.2 Å². The lowest BCUT2D eigenvalue weighted by atomic mass is 10.1. The Balaban J connectivity index is -0.000000114. The number of nitrogens with one attached hydrogen (secondary N) is 5. The van der Waals surface area contributed by atoms with E-state index in [0.29, 0.717) is 31.5 Å². The fourth-order valence-corrected chi connectivity index (χ4v) is 2.44. The van der Waals surface area contributed by atoms with Gasteiger partial charge in [-0.3, -0.25) is 14.4 Å². The Morgan fingerprint density at radius 1 is 0.564 bits per heavy atom. The molecule has 0 fully saturated rings. The van der Waals surface area contributed by atoms with E-state index in [2.05, 4.69) is 61.2 Å². The second-order valence-corrected chi connectivity index (χ2v) is 8.40. The third-order valence-electron chi connectivity index (χ3n) is 4.31. The highest BCUT2D eigenvalue weighted by Gasteiger charge is 2.06. The molecule has 3 amide bonds. The molecule has 5 N–H and O–H groups in total. The predicted octanol–water partition coefficient (Wildman–Crippen LogP) is 6.05. The first-order valence-electron chi connectivity index (χ1n) is 15.9. The summed E-state index contributed by atoms with van der Waals surface area (Å²) in [7, 11) is 1.83. The van der Waals surface area contributed by atoms with Gasteiger partial charge in [-0.2, -0.15) is 0 Å². The van der Waals surface area contributed by atoms with Crippen molar-refractivity contribution in [2.24, 2.45) is 5.92 Å². The summed E-state index contributed by atoms with van der Waals surface area (Å²) in [4.78, 5) is 33.9. The minimum atomic E-state index is -0.0671. The summed E-state index contributed by atoms with van der Waals surface area (Å²) in [6, 6.07) is 0.462. The molecule has 0 aliphatic carbocycles. The number of amides is 3. The molecular weight excluding hydrogens is 490 g/mol. The molecule has 0 atom stereocenters. The summed E-state index contributed by atoms with van der Waals surface area (Å²) in [6.07, 6.45) is 5.44. The van der Waals surface area contributed by atoms with Crippen LogP contribution in [0.5, 0.6) is 0 Å². The highest BCUT2D eigenvalue weighted by atomic mass is 16.2. The van der Waals surface area contributed by atoms with Crippen molar-refractivity contribution in [3.05, 3.63) is 0 Å². The zero-order valence-electron chi connectivity index (χ0n) is 28.9. The monoisotopic (exact) mass is 564 g/mol. The van der Waals surface area contributed by atoms with Crippen molar-refractivity contribution < 1.29 is 14.4 Å². The van der Waals surface area contributed by atoms with Crippen LogP contribution in [0.4, 0.5) is 0 Å². The Hall–Kier alpha value is -1.67. The number of carbonyl (C=O) groups excluding carboxylic acids is 3. The molecule has 0 aromatic heterocycles. The Morgan fingerprint density at radius 3 is 1.36 bits per heavy atom. The minimum Gasteiger partial charge on any atom is -0.356 e. The summed E-state index contributed by atoms with van der Waals surface area (Å²) in [5, 5.41) is 14.6. The molecule has 0 aromatic rings. The Morgan fingerprint density at radius 2 is 0.974 bits per heavy atom. The number of likely N-dealkylation sites (N-methyl/N-ethyl adjacent to an activating group) is 1. The van der Waals surface area contributed by atoms with Crippen molar-refractivity contribution in [1.82, 2.24) is 26.6 Å². The molecule has 0 saturated heterocycles. The van der Waals surface area contributed by atoms with Crippen LogP contribution in [0.2, 0.25) is 0 Å². The second kappa shape index (κ2) is 49.3. The van der Waals surface area contributed by atoms with Crippen LogP contribution in [-0.2, 0) is 14.4 Å². The van der Waals surface area contributed by atoms with E-state index >= 15 is 0 Å². The largest absolute Gasteiger partial charge is 0.356 e. The van der Waals surface area contributed by atoms with Crippen molar-refractivity contribution >= 4 is 17.7 Å². The van der Waals surface area contributed by atoms with Crippen LogP contribution < -0.4 is 26.6 Å². The number of rotatable bonds is 17. The van der Waals surface area contributed by atoms with E-state index in [1.165, 1.54) is 0 Å². The third-order valence-corrected chi connectivity index (χ3v) is 4.31. The molecule has 0 saturated carbocycles. The van der Waals surface area contributed by atoms with Crippen LogP contribution in [0, 0.1) is 5.92 Å². The normalized spacial score (nSPS) is 8.92. The maximum Gasteiger partial charge on any atom is 0.221 e. The van der Waals surface area contributed by atoms with Crippen molar-refractivity contribution in [2.75, 3.05) is 39.8 Å². The summed E-state index contributed by atoms with van der Waals surface area (Å²) in [6.45, 7) is 30.2. The SMILES string of the molecule is CC.CC.CC.CC.CCCCNC(=O)CCNC(C)C.CNCCNC(=O)CCC(=O)NCCCC(C)C. The van der Waals surface area contributed by atoms with Crippen LogP contribution in [-0.4, -0.2) is 63.5 Å². The lowest BCUT2D eigenvalue weighted by molar-refractivity contribution is -0.126. The van der Waals surface area contributed by atoms with E-state index in [0.717, 1.165) is 45.3 Å². The third kappa shape index (κ3) is 61.8. The molecule has 0 bridgehead atoms. The number of hydrogen-bond acceptors (Lipinski definition) is 5. The van der Waals surface area contributed by atoms with Crippen molar-refractivity contribution in [3.8, 4) is 0 Å². The molecule has 0 radical (unpaired) electrons. The summed E-state index contributed by atoms with van der Waals surface area (Å²) in [5.74, 6) is 0.714. The van der Waals surface area contributed by atoms with Crippen molar-refractivity contribution in [3.63, 3.8) is 0 Å². The van der Waals surface area contributed by atoms with Gasteiger partial charge in [0.2, 0.25) is 17.7 Å². The van der Waals surface area contributed by atoms with Gasteiger partial charge >= 0.3 is 0 Å². The zero-order valence-corrected chi connectivity index (χ0v) is 28.9. The molecule has 0 unspecified atom stereocenters. The first-order valence-corrected chi connectivity index (χ1v) is 15.9. The van der Waals surface area contributed by atoms with Crippen molar-refractivity contribution in [1.29, 1.82) is 0 Å². The van der Waals surface area contributed by atoms with Gasteiger partial charge in [-0.1, -0.05) is 96.4 Å². The molecule has 39 heavy (non-hydrogen) atoms. The first kappa shape index (κ1) is 50.2. The Kier molecular flexibility index (Phi) is 63.4. The summed E-state index contributed by atoms with van der Waals surface area (Å²) in [5.41, 5.74) is 0. The average Bonchev–Trinajstić information content (AvgIpc) is 2.95. The number of carbonyl (C=O) groups is 3. The van der Waals surface area contributed by atoms with Gasteiger partial charge in [0.1, 0.15) is 0 Å². The highest BCUT2D eigenvalue weighted by molar-refractivity contribution is 5.83. The van der Waals surface area contributed by atoms with Crippen LogP contribution in [0.25, 0.3) is 0 Å². The average molecular weight is 564 g/mol. The van der Waals surface area contributed by atoms with Gasteiger partial charge in [0.25, 0.3) is 0 Å². The molecule has 8 nitrogen and oxygen atoms in total. The van der Waals surface area contributed by atoms with Crippen LogP contribution in [0.1, 0.15) is 135 Å². The lowest BCUT2D eigenvalue weighted by Crippen LogP contribution is -2.32. The molecule has 0 aromatic carbocycles.